The number of hydrogen-bond acceptors (Lipinski definition) is 4. The summed E-state index contributed by atoms with van der Waals surface area (Å²) in [6.07, 6.45) is 1.21. The molecule has 0 amide bonds. The summed E-state index contributed by atoms with van der Waals surface area (Å²) in [7, 11) is 0. The maximum Gasteiger partial charge on any atom is 0.419 e. The standard InChI is InChI=1S/C12H15N3O2/c1-12(2,3)17-11(16)15-7-6-8-9(15)4-5-10(13)14-8/h4-7H,1-3H3,(H2,13,14). The van der Waals surface area contributed by atoms with Crippen LogP contribution in [-0.4, -0.2) is 21.2 Å². The molecule has 0 aliphatic rings. The minimum Gasteiger partial charge on any atom is -0.443 e. The van der Waals surface area contributed by atoms with E-state index in [2.05, 4.69) is 4.98 Å². The van der Waals surface area contributed by atoms with Gasteiger partial charge in [0.15, 0.2) is 0 Å². The van der Waals surface area contributed by atoms with Crippen LogP contribution in [0, 0.1) is 0 Å². The highest BCUT2D eigenvalue weighted by Gasteiger charge is 2.19. The number of fused-ring (bicyclic) bond motifs is 1. The van der Waals surface area contributed by atoms with Gasteiger partial charge in [-0.3, -0.25) is 4.57 Å². The first kappa shape index (κ1) is 11.4. The number of nitrogens with two attached hydrogens (primary N) is 1. The zero-order valence-corrected chi connectivity index (χ0v) is 10.1. The smallest absolute Gasteiger partial charge is 0.419 e. The van der Waals surface area contributed by atoms with Gasteiger partial charge >= 0.3 is 6.09 Å². The van der Waals surface area contributed by atoms with E-state index < -0.39 is 11.7 Å². The lowest BCUT2D eigenvalue weighted by atomic mass is 10.2. The lowest BCUT2D eigenvalue weighted by Crippen LogP contribution is -2.26. The second kappa shape index (κ2) is 3.76. The van der Waals surface area contributed by atoms with Gasteiger partial charge in [-0.25, -0.2) is 9.78 Å². The number of aromatic nitrogens is 2. The Labute approximate surface area is 99.2 Å². The summed E-state index contributed by atoms with van der Waals surface area (Å²) in [5, 5.41) is 0. The van der Waals surface area contributed by atoms with Crippen molar-refractivity contribution in [2.75, 3.05) is 5.73 Å². The number of carbonyl (C=O) groups excluding carboxylic acids is 1. The van der Waals surface area contributed by atoms with Crippen LogP contribution in [0.15, 0.2) is 24.4 Å². The first-order valence-corrected chi connectivity index (χ1v) is 5.34. The van der Waals surface area contributed by atoms with Crippen LogP contribution in [0.1, 0.15) is 20.8 Å². The summed E-state index contributed by atoms with van der Waals surface area (Å²) in [5.41, 5.74) is 6.42. The maximum atomic E-state index is 11.9. The molecule has 0 aliphatic heterocycles. The Hall–Kier alpha value is -2.04. The molecule has 90 valence electrons. The minimum absolute atomic E-state index is 0.418. The fraction of sp³-hybridized carbons (Fsp3) is 0.333. The Morgan fingerprint density at radius 3 is 2.71 bits per heavy atom. The van der Waals surface area contributed by atoms with Gasteiger partial charge in [0.05, 0.1) is 11.0 Å². The monoisotopic (exact) mass is 233 g/mol. The molecule has 2 rings (SSSR count). The van der Waals surface area contributed by atoms with Crippen molar-refractivity contribution in [1.82, 2.24) is 9.55 Å². The number of nitrogens with zero attached hydrogens (tertiary/aromatic N) is 2. The lowest BCUT2D eigenvalue weighted by Gasteiger charge is -2.19. The van der Waals surface area contributed by atoms with E-state index in [9.17, 15) is 4.79 Å². The molecule has 0 bridgehead atoms. The number of anilines is 1. The first-order valence-electron chi connectivity index (χ1n) is 5.34. The number of hydrogen-bond donors (Lipinski definition) is 1. The number of rotatable bonds is 0. The third-order valence-electron chi connectivity index (χ3n) is 2.16. The zero-order valence-electron chi connectivity index (χ0n) is 10.1. The molecule has 0 unspecified atom stereocenters. The van der Waals surface area contributed by atoms with Gasteiger partial charge in [0.25, 0.3) is 0 Å². The molecule has 0 aromatic carbocycles. The summed E-state index contributed by atoms with van der Waals surface area (Å²) in [6.45, 7) is 5.48. The average molecular weight is 233 g/mol. The molecule has 5 heteroatoms. The van der Waals surface area contributed by atoms with E-state index in [0.717, 1.165) is 0 Å². The molecule has 0 saturated heterocycles. The number of carbonyl (C=O) groups is 1. The number of nitrogen functional groups attached to an aromatic ring is 1. The molecule has 0 aliphatic carbocycles. The summed E-state index contributed by atoms with van der Waals surface area (Å²) < 4.78 is 6.71. The summed E-state index contributed by atoms with van der Waals surface area (Å²) in [6, 6.07) is 5.14. The Balaban J connectivity index is 2.40. The van der Waals surface area contributed by atoms with Gasteiger partial charge in [-0.15, -0.1) is 0 Å². The van der Waals surface area contributed by atoms with Crippen LogP contribution in [0.25, 0.3) is 11.0 Å². The predicted octanol–water partition coefficient (Wildman–Crippen LogP) is 2.40. The van der Waals surface area contributed by atoms with Gasteiger partial charge in [0, 0.05) is 6.20 Å². The average Bonchev–Trinajstić information content (AvgIpc) is 2.57. The quantitative estimate of drug-likeness (QED) is 0.758. The first-order chi connectivity index (χ1) is 7.87. The molecule has 5 nitrogen and oxygen atoms in total. The SMILES string of the molecule is CC(C)(C)OC(=O)n1ccc2nc(N)ccc21. The third-order valence-corrected chi connectivity index (χ3v) is 2.16. The normalized spacial score (nSPS) is 11.7. The Bertz CT molecular complexity index is 567. The molecule has 0 fully saturated rings. The van der Waals surface area contributed by atoms with E-state index in [0.29, 0.717) is 16.9 Å². The van der Waals surface area contributed by atoms with Crippen LogP contribution in [-0.2, 0) is 4.74 Å². The van der Waals surface area contributed by atoms with Crippen molar-refractivity contribution >= 4 is 22.9 Å². The second-order valence-corrected chi connectivity index (χ2v) is 4.81. The largest absolute Gasteiger partial charge is 0.443 e. The van der Waals surface area contributed by atoms with E-state index in [4.69, 9.17) is 10.5 Å². The van der Waals surface area contributed by atoms with E-state index in [1.807, 2.05) is 20.8 Å². The van der Waals surface area contributed by atoms with Crippen LogP contribution in [0.4, 0.5) is 10.6 Å². The molecule has 17 heavy (non-hydrogen) atoms. The molecule has 2 aromatic heterocycles. The van der Waals surface area contributed by atoms with Gasteiger partial charge in [-0.1, -0.05) is 0 Å². The van der Waals surface area contributed by atoms with Gasteiger partial charge < -0.3 is 10.5 Å². The molecule has 0 atom stereocenters. The van der Waals surface area contributed by atoms with E-state index in [1.165, 1.54) is 4.57 Å². The van der Waals surface area contributed by atoms with Crippen molar-refractivity contribution in [3.8, 4) is 0 Å². The van der Waals surface area contributed by atoms with Crippen LogP contribution in [0.5, 0.6) is 0 Å². The van der Waals surface area contributed by atoms with Gasteiger partial charge in [-0.2, -0.15) is 0 Å². The summed E-state index contributed by atoms with van der Waals surface area (Å²) in [4.78, 5) is 16.0. The molecule has 0 spiro atoms. The molecule has 2 aromatic rings. The summed E-state index contributed by atoms with van der Waals surface area (Å²) in [5.74, 6) is 0.430. The van der Waals surface area contributed by atoms with Crippen LogP contribution < -0.4 is 5.73 Å². The highest BCUT2D eigenvalue weighted by molar-refractivity contribution is 5.88. The van der Waals surface area contributed by atoms with Crippen molar-refractivity contribution in [2.45, 2.75) is 26.4 Å². The molecule has 0 radical (unpaired) electrons. The van der Waals surface area contributed by atoms with Crippen molar-refractivity contribution in [3.63, 3.8) is 0 Å². The fourth-order valence-corrected chi connectivity index (χ4v) is 1.51. The van der Waals surface area contributed by atoms with Gasteiger partial charge in [0.1, 0.15) is 11.4 Å². The molecular weight excluding hydrogens is 218 g/mol. The van der Waals surface area contributed by atoms with Crippen LogP contribution >= 0.6 is 0 Å². The Kier molecular flexibility index (Phi) is 2.53. The summed E-state index contributed by atoms with van der Waals surface area (Å²) >= 11 is 0. The van der Waals surface area contributed by atoms with Crippen LogP contribution in [0.2, 0.25) is 0 Å². The van der Waals surface area contributed by atoms with Crippen molar-refractivity contribution in [1.29, 1.82) is 0 Å². The highest BCUT2D eigenvalue weighted by Crippen LogP contribution is 2.17. The van der Waals surface area contributed by atoms with E-state index in [-0.39, 0.29) is 0 Å². The van der Waals surface area contributed by atoms with Crippen LogP contribution in [0.3, 0.4) is 0 Å². The van der Waals surface area contributed by atoms with E-state index in [1.54, 1.807) is 24.4 Å². The Morgan fingerprint density at radius 2 is 2.06 bits per heavy atom. The van der Waals surface area contributed by atoms with E-state index >= 15 is 0 Å². The Morgan fingerprint density at radius 1 is 1.35 bits per heavy atom. The third kappa shape index (κ3) is 2.38. The molecular formula is C12H15N3O2. The van der Waals surface area contributed by atoms with Gasteiger partial charge in [-0.05, 0) is 39.0 Å². The zero-order chi connectivity index (χ0) is 12.6. The van der Waals surface area contributed by atoms with Crippen molar-refractivity contribution in [2.24, 2.45) is 0 Å². The molecule has 2 N–H and O–H groups in total. The number of pyridine rings is 1. The minimum atomic E-state index is -0.519. The maximum absolute atomic E-state index is 11.9. The lowest BCUT2D eigenvalue weighted by molar-refractivity contribution is 0.0544. The fourth-order valence-electron chi connectivity index (χ4n) is 1.51. The van der Waals surface area contributed by atoms with Crippen molar-refractivity contribution < 1.29 is 9.53 Å². The predicted molar refractivity (Wildman–Crippen MR) is 65.8 cm³/mol. The molecule has 0 saturated carbocycles. The highest BCUT2D eigenvalue weighted by atomic mass is 16.6. The molecule has 2 heterocycles. The topological polar surface area (TPSA) is 70.1 Å². The number of ether oxygens (including phenoxy) is 1. The van der Waals surface area contributed by atoms with Crippen molar-refractivity contribution in [3.05, 3.63) is 24.4 Å². The van der Waals surface area contributed by atoms with Gasteiger partial charge in [0.2, 0.25) is 0 Å². The second-order valence-electron chi connectivity index (χ2n) is 4.81.